The smallest absolute Gasteiger partial charge is 0.408 e. The van der Waals surface area contributed by atoms with Gasteiger partial charge in [0, 0.05) is 102 Å². The van der Waals surface area contributed by atoms with E-state index in [2.05, 4.69) is 191 Å². The summed E-state index contributed by atoms with van der Waals surface area (Å²) in [6, 6.07) is 20.5. The summed E-state index contributed by atoms with van der Waals surface area (Å²) in [4.78, 5) is 34.7. The number of nitrogens with one attached hydrogen (secondary N) is 1. The van der Waals surface area contributed by atoms with Crippen LogP contribution in [-0.2, 0) is 38.6 Å². The van der Waals surface area contributed by atoms with E-state index in [0.717, 1.165) is 91.6 Å². The number of fused-ring (bicyclic) bond motifs is 5. The summed E-state index contributed by atoms with van der Waals surface area (Å²) in [6.45, 7) is 37.7. The Bertz CT molecular complexity index is 3520. The zero-order chi connectivity index (χ0) is 71.4. The molecular weight excluding hydrogens is 1640 g/mol. The molecule has 18 nitrogen and oxygen atoms in total. The van der Waals surface area contributed by atoms with Crippen LogP contribution in [0.2, 0.25) is 6.82 Å². The van der Waals surface area contributed by atoms with Crippen molar-refractivity contribution in [2.24, 2.45) is 16.8 Å². The van der Waals surface area contributed by atoms with Crippen LogP contribution in [0.25, 0.3) is 0 Å². The molecule has 10 rings (SSSR count). The summed E-state index contributed by atoms with van der Waals surface area (Å²) in [5.41, 5.74) is 15.7. The number of hydrogen-bond acceptors (Lipinski definition) is 17. The third-order valence-electron chi connectivity index (χ3n) is 15.1. The van der Waals surface area contributed by atoms with Crippen molar-refractivity contribution >= 4 is 124 Å². The van der Waals surface area contributed by atoms with Gasteiger partial charge in [-0.15, -0.1) is 12.4 Å². The number of oxime groups is 1. The molecule has 0 bridgehead atoms. The van der Waals surface area contributed by atoms with Gasteiger partial charge in [-0.05, 0) is 227 Å². The van der Waals surface area contributed by atoms with E-state index in [0.29, 0.717) is 49.5 Å². The summed E-state index contributed by atoms with van der Waals surface area (Å²) >= 11 is 17.5. The maximum absolute atomic E-state index is 12.1. The molecule has 3 unspecified atom stereocenters. The van der Waals surface area contributed by atoms with E-state index in [9.17, 15) is 14.3 Å². The van der Waals surface area contributed by atoms with Gasteiger partial charge >= 0.3 is 48.5 Å². The maximum atomic E-state index is 12.1. The molecule has 97 heavy (non-hydrogen) atoms. The van der Waals surface area contributed by atoms with Crippen LogP contribution >= 0.6 is 92.1 Å². The molecule has 5 aromatic rings. The number of ether oxygens (including phenoxy) is 6. The number of halogens is 6. The van der Waals surface area contributed by atoms with Crippen molar-refractivity contribution in [3.8, 4) is 28.7 Å². The number of alkyl carbamates (subject to hydrolysis) is 1. The van der Waals surface area contributed by atoms with Gasteiger partial charge in [-0.3, -0.25) is 4.79 Å². The third-order valence-corrected chi connectivity index (χ3v) is 19.3. The van der Waals surface area contributed by atoms with Crippen LogP contribution in [0.1, 0.15) is 208 Å². The number of aryl methyl sites for hydroxylation is 5. The molecule has 0 aromatic heterocycles. The first-order valence-electron chi connectivity index (χ1n) is 30.8. The van der Waals surface area contributed by atoms with Crippen LogP contribution in [-0.4, -0.2) is 102 Å². The van der Waals surface area contributed by atoms with Gasteiger partial charge in [-0.1, -0.05) is 92.2 Å². The number of benzene rings is 5. The van der Waals surface area contributed by atoms with Gasteiger partial charge in [-0.2, -0.15) is 0 Å². The number of nitrogens with two attached hydrogens (primary N) is 2. The molecule has 1 radical (unpaired) electrons. The molecule has 5 aliphatic rings. The standard InChI is InChI=1S/C17H24BrNO3.C14H20BrNO.C12H14BrNO2.C12H16BrNO.C12H13BrO2.C2H5B2O3.CH4.ClH.H3NO.Zn/c1-10-7-11-13(19-15(20)22-16(2,3)4)9-17(5,6)21-14(11)8-12(10)18;1-9-6-10-12(16(4)5)8-14(2,3)17-13(10)7-11(9)15;1-7-4-8-10(14-15)6-12(2,3)16-11(8)5-9(7)13;2*1-7-4-8-10(14)6-12(2,3)15-11(8)5-9(7)13;1-3-7-6-2-4-5;;;1-2;/h7-8,13H,9H2,1-6H3,(H,19,20);6-7,12H,8H2,1-5H3;4-5,15H,6H2,1-3H3;4-5,10H,6,14H2,1-3H3;4-5H,6H2,1-3H3;2H2,1H3;1H4;1H;2H,1H2;/b;;14-10+;;;;;;;. The second-order valence-corrected chi connectivity index (χ2v) is 32.2. The SMILES string of the molecule is C.C[B]OOCB=O.Cc1cc2c(cc1Br)OC(C)(C)C/C2=N\O.Cc1cc2c(cc1Br)OC(C)(C)CC2=O.Cc1cc2c(cc1Br)OC(C)(C)CC2N.Cc1cc2c(cc1Br)OC(C)(C)CC2N(C)C.Cc1cc2c(cc1Br)OC(C)(C)CC2NC(=O)OC(C)(C)C.Cl.NO.[Zn]. The molecule has 3 atom stereocenters. The Kier molecular flexibility index (Phi) is 36.5. The van der Waals surface area contributed by atoms with E-state index >= 15 is 0 Å². The third kappa shape index (κ3) is 27.7. The monoisotopic (exact) mass is 1730 g/mol. The summed E-state index contributed by atoms with van der Waals surface area (Å²) in [6.07, 6.45) is 3.23. The van der Waals surface area contributed by atoms with Gasteiger partial charge < -0.3 is 54.8 Å². The summed E-state index contributed by atoms with van der Waals surface area (Å²) in [5.74, 6) is 7.84. The number of ketones is 1. The zero-order valence-electron chi connectivity index (χ0n) is 59.3. The Morgan fingerprint density at radius 3 is 1.43 bits per heavy atom. The number of nitrogens with zero attached hydrogens (tertiary/aromatic N) is 2. The molecule has 27 heteroatoms. The summed E-state index contributed by atoms with van der Waals surface area (Å²) in [7, 11) is 6.23. The minimum Gasteiger partial charge on any atom is -0.487 e. The van der Waals surface area contributed by atoms with Crippen LogP contribution in [0.4, 0.5) is 4.79 Å². The van der Waals surface area contributed by atoms with Crippen LogP contribution in [0, 0.1) is 34.6 Å². The van der Waals surface area contributed by atoms with Crippen molar-refractivity contribution in [1.82, 2.24) is 10.2 Å². The van der Waals surface area contributed by atoms with Crippen LogP contribution in [0.5, 0.6) is 28.7 Å². The Hall–Kier alpha value is -3.49. The van der Waals surface area contributed by atoms with E-state index in [1.165, 1.54) is 24.2 Å². The van der Waals surface area contributed by atoms with Crippen LogP contribution < -0.4 is 40.6 Å². The normalized spacial score (nSPS) is 18.8. The molecule has 533 valence electrons. The molecule has 0 saturated carbocycles. The number of hydrogen-bond donors (Lipinski definition) is 5. The van der Waals surface area contributed by atoms with E-state index in [1.807, 2.05) is 119 Å². The fourth-order valence-corrected chi connectivity index (χ4v) is 12.4. The molecule has 0 spiro atoms. The van der Waals surface area contributed by atoms with Crippen molar-refractivity contribution in [3.63, 3.8) is 0 Å². The minimum atomic E-state index is -0.511. The van der Waals surface area contributed by atoms with Crippen molar-refractivity contribution < 1.29 is 82.3 Å². The Labute approximate surface area is 638 Å². The predicted molar refractivity (Wildman–Crippen MR) is 404 cm³/mol. The summed E-state index contributed by atoms with van der Waals surface area (Å²) in [5, 5.41) is 21.9. The first-order valence-corrected chi connectivity index (χ1v) is 34.7. The zero-order valence-corrected chi connectivity index (χ0v) is 71.1. The van der Waals surface area contributed by atoms with Gasteiger partial charge in [0.15, 0.2) is 5.78 Å². The fraction of sp³-hybridized carbons (Fsp3) is 0.529. The average Bonchev–Trinajstić information content (AvgIpc) is 0.808. The first kappa shape index (κ1) is 91.5. The number of rotatable bonds is 6. The Morgan fingerprint density at radius 1 is 0.619 bits per heavy atom. The molecule has 5 aliphatic heterocycles. The second kappa shape index (κ2) is 38.7. The maximum Gasteiger partial charge on any atom is 0.408 e. The molecule has 0 aliphatic carbocycles. The predicted octanol–water partition coefficient (Wildman–Crippen LogP) is 19.1. The van der Waals surface area contributed by atoms with Gasteiger partial charge in [0.25, 0.3) is 0 Å². The molecule has 0 fully saturated rings. The average molecular weight is 1740 g/mol. The van der Waals surface area contributed by atoms with Crippen molar-refractivity contribution in [2.75, 3.05) is 20.6 Å². The molecule has 1 amide bonds. The second-order valence-electron chi connectivity index (χ2n) is 27.9. The number of carbonyl (C=O) groups is 2. The molecule has 7 N–H and O–H groups in total. The van der Waals surface area contributed by atoms with Gasteiger partial charge in [0.05, 0.1) is 23.7 Å². The quantitative estimate of drug-likeness (QED) is 0.0349. The topological polar surface area (TPSA) is 245 Å². The van der Waals surface area contributed by atoms with E-state index < -0.39 is 17.3 Å². The van der Waals surface area contributed by atoms with Gasteiger partial charge in [0.1, 0.15) is 62.4 Å². The van der Waals surface area contributed by atoms with Crippen LogP contribution in [0.15, 0.2) is 88.2 Å². The van der Waals surface area contributed by atoms with Crippen molar-refractivity contribution in [1.29, 1.82) is 0 Å². The number of carbonyl (C=O) groups excluding carboxylic acids is 2. The molecular formula is C70H100B2Br5ClN5O13Zn. The van der Waals surface area contributed by atoms with E-state index in [4.69, 9.17) is 44.6 Å². The Balaban J connectivity index is 0.000000586. The van der Waals surface area contributed by atoms with E-state index in [-0.39, 0.29) is 86.1 Å². The van der Waals surface area contributed by atoms with Gasteiger partial charge in [-0.25, -0.2) is 10.7 Å². The number of Topliss-reactive ketones (excluding diaryl/α,β-unsaturated/α-hetero) is 1. The van der Waals surface area contributed by atoms with Crippen molar-refractivity contribution in [3.05, 3.63) is 139 Å². The van der Waals surface area contributed by atoms with Crippen molar-refractivity contribution in [2.45, 2.75) is 223 Å². The fourth-order valence-electron chi connectivity index (χ4n) is 10.8. The number of amides is 1. The summed E-state index contributed by atoms with van der Waals surface area (Å²) < 4.78 is 49.7. The van der Waals surface area contributed by atoms with Gasteiger partial charge in [0.2, 0.25) is 0 Å². The van der Waals surface area contributed by atoms with E-state index in [1.54, 1.807) is 6.82 Å². The largest absolute Gasteiger partial charge is 0.487 e. The molecule has 5 heterocycles. The first-order chi connectivity index (χ1) is 43.4. The molecule has 0 saturated heterocycles. The molecule has 5 aromatic carbocycles. The minimum absolute atomic E-state index is 0. The Morgan fingerprint density at radius 2 is 0.990 bits per heavy atom. The van der Waals surface area contributed by atoms with Crippen LogP contribution in [0.3, 0.4) is 0 Å².